The first kappa shape index (κ1) is 10.8. The molecule has 18 heavy (non-hydrogen) atoms. The highest BCUT2D eigenvalue weighted by molar-refractivity contribution is 5.60. The molecule has 1 aromatic carbocycles. The van der Waals surface area contributed by atoms with Crippen molar-refractivity contribution < 1.29 is 4.39 Å². The van der Waals surface area contributed by atoms with Crippen LogP contribution in [0.15, 0.2) is 24.5 Å². The van der Waals surface area contributed by atoms with Gasteiger partial charge in [-0.2, -0.15) is 5.26 Å². The number of aromatic amines is 1. The average molecular weight is 242 g/mol. The van der Waals surface area contributed by atoms with Crippen LogP contribution < -0.4 is 4.90 Å². The highest BCUT2D eigenvalue weighted by Gasteiger charge is 2.21. The van der Waals surface area contributed by atoms with E-state index in [0.29, 0.717) is 12.2 Å². The second-order valence-corrected chi connectivity index (χ2v) is 4.25. The largest absolute Gasteiger partial charge is 0.364 e. The summed E-state index contributed by atoms with van der Waals surface area (Å²) in [5.41, 5.74) is 2.86. The maximum Gasteiger partial charge on any atom is 0.143 e. The first-order chi connectivity index (χ1) is 8.79. The van der Waals surface area contributed by atoms with E-state index in [1.165, 1.54) is 6.07 Å². The standard InChI is InChI=1S/C13H11FN4/c14-10-2-1-3-13(9(10)6-15)18-5-4-11-12(7-18)17-8-16-11/h1-3,8H,4-5,7H2,(H,16,17). The third kappa shape index (κ3) is 1.63. The number of nitrogens with one attached hydrogen (secondary N) is 1. The summed E-state index contributed by atoms with van der Waals surface area (Å²) < 4.78 is 13.6. The lowest BCUT2D eigenvalue weighted by Crippen LogP contribution is -2.31. The Kier molecular flexibility index (Phi) is 2.49. The van der Waals surface area contributed by atoms with Crippen molar-refractivity contribution in [3.05, 3.63) is 47.3 Å². The number of benzene rings is 1. The summed E-state index contributed by atoms with van der Waals surface area (Å²) in [5.74, 6) is -0.467. The number of hydrogen-bond donors (Lipinski definition) is 1. The molecule has 0 amide bonds. The van der Waals surface area contributed by atoms with Gasteiger partial charge in [-0.15, -0.1) is 0 Å². The van der Waals surface area contributed by atoms with Gasteiger partial charge in [0.1, 0.15) is 17.4 Å². The van der Waals surface area contributed by atoms with Gasteiger partial charge in [-0.25, -0.2) is 9.37 Å². The van der Waals surface area contributed by atoms with Crippen LogP contribution in [0.25, 0.3) is 0 Å². The number of rotatable bonds is 1. The van der Waals surface area contributed by atoms with Gasteiger partial charge in [0.15, 0.2) is 0 Å². The van der Waals surface area contributed by atoms with Crippen LogP contribution in [0.3, 0.4) is 0 Å². The second-order valence-electron chi connectivity index (χ2n) is 4.25. The Balaban J connectivity index is 1.99. The zero-order valence-electron chi connectivity index (χ0n) is 9.65. The summed E-state index contributed by atoms with van der Waals surface area (Å²) >= 11 is 0. The summed E-state index contributed by atoms with van der Waals surface area (Å²) in [6.07, 6.45) is 2.48. The van der Waals surface area contributed by atoms with E-state index in [1.54, 1.807) is 18.5 Å². The molecule has 0 aliphatic carbocycles. The predicted octanol–water partition coefficient (Wildman–Crippen LogP) is 1.98. The number of fused-ring (bicyclic) bond motifs is 1. The molecule has 0 spiro atoms. The minimum absolute atomic E-state index is 0.112. The Labute approximate surface area is 104 Å². The Hall–Kier alpha value is -2.35. The van der Waals surface area contributed by atoms with Crippen LogP contribution >= 0.6 is 0 Å². The molecular weight excluding hydrogens is 231 g/mol. The highest BCUT2D eigenvalue weighted by Crippen LogP contribution is 2.27. The third-order valence-electron chi connectivity index (χ3n) is 3.22. The van der Waals surface area contributed by atoms with Crippen LogP contribution in [0.2, 0.25) is 0 Å². The molecule has 0 unspecified atom stereocenters. The minimum atomic E-state index is -0.467. The van der Waals surface area contributed by atoms with Crippen LogP contribution in [-0.2, 0) is 13.0 Å². The van der Waals surface area contributed by atoms with Crippen molar-refractivity contribution in [2.75, 3.05) is 11.4 Å². The SMILES string of the molecule is N#Cc1c(F)cccc1N1CCc2nc[nH]c2C1. The summed E-state index contributed by atoms with van der Waals surface area (Å²) in [6.45, 7) is 1.38. The summed E-state index contributed by atoms with van der Waals surface area (Å²) in [5, 5.41) is 9.05. The van der Waals surface area contributed by atoms with Crippen molar-refractivity contribution in [2.45, 2.75) is 13.0 Å². The number of halogens is 1. The molecule has 0 radical (unpaired) electrons. The van der Waals surface area contributed by atoms with Gasteiger partial charge in [-0.05, 0) is 12.1 Å². The minimum Gasteiger partial charge on any atom is -0.364 e. The van der Waals surface area contributed by atoms with Crippen LogP contribution in [0.5, 0.6) is 0 Å². The van der Waals surface area contributed by atoms with Crippen molar-refractivity contribution >= 4 is 5.69 Å². The Bertz CT molecular complexity index is 626. The number of imidazole rings is 1. The van der Waals surface area contributed by atoms with Crippen molar-refractivity contribution in [3.63, 3.8) is 0 Å². The van der Waals surface area contributed by atoms with Gasteiger partial charge >= 0.3 is 0 Å². The molecule has 2 aromatic rings. The number of nitriles is 1. The van der Waals surface area contributed by atoms with Crippen molar-refractivity contribution in [1.29, 1.82) is 5.26 Å². The molecule has 0 fully saturated rings. The number of aromatic nitrogens is 2. The second kappa shape index (κ2) is 4.15. The quantitative estimate of drug-likeness (QED) is 0.832. The van der Waals surface area contributed by atoms with Crippen LogP contribution in [-0.4, -0.2) is 16.5 Å². The lowest BCUT2D eigenvalue weighted by molar-refractivity contribution is 0.620. The van der Waals surface area contributed by atoms with E-state index in [9.17, 15) is 4.39 Å². The van der Waals surface area contributed by atoms with Gasteiger partial charge in [0.25, 0.3) is 0 Å². The van der Waals surface area contributed by atoms with Crippen molar-refractivity contribution in [3.8, 4) is 6.07 Å². The van der Waals surface area contributed by atoms with Gasteiger partial charge in [0.05, 0.1) is 29.9 Å². The fourth-order valence-electron chi connectivity index (χ4n) is 2.31. The van der Waals surface area contributed by atoms with Gasteiger partial charge in [0.2, 0.25) is 0 Å². The van der Waals surface area contributed by atoms with E-state index < -0.39 is 5.82 Å². The van der Waals surface area contributed by atoms with Gasteiger partial charge in [0, 0.05) is 13.0 Å². The maximum absolute atomic E-state index is 13.6. The molecule has 5 heteroatoms. The lowest BCUT2D eigenvalue weighted by atomic mass is 10.1. The normalized spacial score (nSPS) is 14.1. The molecule has 90 valence electrons. The van der Waals surface area contributed by atoms with Crippen molar-refractivity contribution in [1.82, 2.24) is 9.97 Å². The summed E-state index contributed by atoms with van der Waals surface area (Å²) in [4.78, 5) is 9.31. The molecule has 1 aliphatic rings. The van der Waals surface area contributed by atoms with Gasteiger partial charge in [-0.3, -0.25) is 0 Å². The molecule has 0 saturated carbocycles. The first-order valence-electron chi connectivity index (χ1n) is 5.74. The summed E-state index contributed by atoms with van der Waals surface area (Å²) in [7, 11) is 0. The monoisotopic (exact) mass is 242 g/mol. The molecule has 1 N–H and O–H groups in total. The molecule has 0 bridgehead atoms. The average Bonchev–Trinajstić information content (AvgIpc) is 2.85. The molecule has 1 aromatic heterocycles. The van der Waals surface area contributed by atoms with E-state index in [-0.39, 0.29) is 5.56 Å². The number of H-pyrrole nitrogens is 1. The molecule has 4 nitrogen and oxygen atoms in total. The smallest absolute Gasteiger partial charge is 0.143 e. The first-order valence-corrected chi connectivity index (χ1v) is 5.74. The maximum atomic E-state index is 13.6. The summed E-state index contributed by atoms with van der Waals surface area (Å²) in [6, 6.07) is 6.66. The van der Waals surface area contributed by atoms with Gasteiger partial charge < -0.3 is 9.88 Å². The van der Waals surface area contributed by atoms with E-state index in [2.05, 4.69) is 9.97 Å². The zero-order valence-corrected chi connectivity index (χ0v) is 9.65. The number of anilines is 1. The molecule has 1 aliphatic heterocycles. The van der Waals surface area contributed by atoms with E-state index in [0.717, 1.165) is 24.4 Å². The third-order valence-corrected chi connectivity index (χ3v) is 3.22. The van der Waals surface area contributed by atoms with E-state index >= 15 is 0 Å². The lowest BCUT2D eigenvalue weighted by Gasteiger charge is -2.29. The Morgan fingerprint density at radius 1 is 1.44 bits per heavy atom. The fourth-order valence-corrected chi connectivity index (χ4v) is 2.31. The van der Waals surface area contributed by atoms with Crippen LogP contribution in [0.1, 0.15) is 17.0 Å². The number of nitrogens with zero attached hydrogens (tertiary/aromatic N) is 3. The van der Waals surface area contributed by atoms with Crippen molar-refractivity contribution in [2.24, 2.45) is 0 Å². The highest BCUT2D eigenvalue weighted by atomic mass is 19.1. The molecule has 0 atom stereocenters. The van der Waals surface area contributed by atoms with Crippen LogP contribution in [0.4, 0.5) is 10.1 Å². The fraction of sp³-hybridized carbons (Fsp3) is 0.231. The van der Waals surface area contributed by atoms with Crippen LogP contribution in [0, 0.1) is 17.1 Å². The molecule has 0 saturated heterocycles. The zero-order chi connectivity index (χ0) is 12.5. The predicted molar refractivity (Wildman–Crippen MR) is 64.5 cm³/mol. The van der Waals surface area contributed by atoms with E-state index in [1.807, 2.05) is 11.0 Å². The Morgan fingerprint density at radius 3 is 3.17 bits per heavy atom. The molecular formula is C13H11FN4. The molecule has 3 rings (SSSR count). The van der Waals surface area contributed by atoms with Gasteiger partial charge in [-0.1, -0.05) is 6.07 Å². The molecule has 2 heterocycles. The van der Waals surface area contributed by atoms with E-state index in [4.69, 9.17) is 5.26 Å². The topological polar surface area (TPSA) is 55.7 Å². The Morgan fingerprint density at radius 2 is 2.33 bits per heavy atom. The number of hydrogen-bond acceptors (Lipinski definition) is 3.